The Morgan fingerprint density at radius 3 is 2.37 bits per heavy atom. The molecule has 11 heteroatoms. The predicted molar refractivity (Wildman–Crippen MR) is 131 cm³/mol. The van der Waals surface area contributed by atoms with Gasteiger partial charge in [-0.1, -0.05) is 30.3 Å². The monoisotopic (exact) mass is 515 g/mol. The fraction of sp³-hybridized carbons (Fsp3) is 0.208. The number of rotatable bonds is 8. The van der Waals surface area contributed by atoms with Crippen molar-refractivity contribution < 1.29 is 26.4 Å². The van der Waals surface area contributed by atoms with Gasteiger partial charge in [0.15, 0.2) is 6.61 Å². The van der Waals surface area contributed by atoms with E-state index >= 15 is 0 Å². The van der Waals surface area contributed by atoms with Crippen molar-refractivity contribution in [3.05, 3.63) is 83.4 Å². The molecule has 9 nitrogen and oxygen atoms in total. The maximum absolute atomic E-state index is 13.2. The van der Waals surface area contributed by atoms with Crippen LogP contribution in [0.3, 0.4) is 0 Å². The van der Waals surface area contributed by atoms with Crippen molar-refractivity contribution in [1.82, 2.24) is 5.32 Å². The molecule has 3 aromatic rings. The minimum atomic E-state index is -3.77. The molecular formula is C24H25N3O6S2. The van der Waals surface area contributed by atoms with Gasteiger partial charge in [-0.25, -0.2) is 22.0 Å². The number of fused-ring (bicyclic) bond motifs is 1. The van der Waals surface area contributed by atoms with E-state index < -0.39 is 20.0 Å². The first-order valence-corrected chi connectivity index (χ1v) is 13.8. The van der Waals surface area contributed by atoms with Crippen LogP contribution in [0.5, 0.6) is 5.75 Å². The minimum Gasteiger partial charge on any atom is -0.484 e. The summed E-state index contributed by atoms with van der Waals surface area (Å²) in [5.74, 6) is 0.0173. The molecule has 1 amide bonds. The highest BCUT2D eigenvalue weighted by molar-refractivity contribution is 7.92. The Kier molecular flexibility index (Phi) is 6.84. The lowest BCUT2D eigenvalue weighted by atomic mass is 10.2. The van der Waals surface area contributed by atoms with Crippen LogP contribution in [0.25, 0.3) is 0 Å². The number of para-hydroxylation sites is 1. The zero-order valence-electron chi connectivity index (χ0n) is 19.0. The molecule has 184 valence electrons. The van der Waals surface area contributed by atoms with Crippen LogP contribution in [0.1, 0.15) is 16.7 Å². The zero-order valence-corrected chi connectivity index (χ0v) is 20.6. The van der Waals surface area contributed by atoms with E-state index in [0.29, 0.717) is 35.5 Å². The van der Waals surface area contributed by atoms with Gasteiger partial charge in [-0.05, 0) is 66.4 Å². The van der Waals surface area contributed by atoms with Gasteiger partial charge in [-0.3, -0.25) is 9.10 Å². The van der Waals surface area contributed by atoms with Crippen LogP contribution in [0.4, 0.5) is 5.69 Å². The lowest BCUT2D eigenvalue weighted by Gasteiger charge is -2.20. The molecule has 3 N–H and O–H groups in total. The number of carbonyl (C=O) groups is 1. The van der Waals surface area contributed by atoms with Crippen molar-refractivity contribution in [3.63, 3.8) is 0 Å². The van der Waals surface area contributed by atoms with Crippen LogP contribution in [-0.4, -0.2) is 35.9 Å². The molecule has 0 saturated carbocycles. The Labute approximate surface area is 204 Å². The van der Waals surface area contributed by atoms with E-state index in [1.54, 1.807) is 31.2 Å². The molecule has 0 aliphatic carbocycles. The van der Waals surface area contributed by atoms with E-state index in [1.807, 2.05) is 18.2 Å². The predicted octanol–water partition coefficient (Wildman–Crippen LogP) is 2.09. The summed E-state index contributed by atoms with van der Waals surface area (Å²) >= 11 is 0. The third-order valence-corrected chi connectivity index (χ3v) is 8.42. The molecule has 1 aliphatic heterocycles. The lowest BCUT2D eigenvalue weighted by Crippen LogP contribution is -2.29. The number of sulfonamides is 2. The quantitative estimate of drug-likeness (QED) is 0.472. The summed E-state index contributed by atoms with van der Waals surface area (Å²) in [6.45, 7) is 2.03. The van der Waals surface area contributed by atoms with E-state index in [4.69, 9.17) is 9.88 Å². The molecule has 0 atom stereocenters. The standard InChI is InChI=1S/C24H25N3O6S2/c1-17-14-21(35(31,32)27-13-12-19-4-2-3-5-22(19)27)10-11-23(17)33-16-24(28)26-15-18-6-8-20(9-7-18)34(25,29)30/h2-11,14H,12-13,15-16H2,1H3,(H,26,28)(H2,25,29,30). The lowest BCUT2D eigenvalue weighted by molar-refractivity contribution is -0.123. The molecule has 0 spiro atoms. The summed E-state index contributed by atoms with van der Waals surface area (Å²) in [6, 6.07) is 17.9. The number of nitrogens with one attached hydrogen (secondary N) is 1. The molecule has 0 unspecified atom stereocenters. The molecule has 0 fully saturated rings. The number of carbonyl (C=O) groups excluding carboxylic acids is 1. The topological polar surface area (TPSA) is 136 Å². The zero-order chi connectivity index (χ0) is 25.2. The second-order valence-electron chi connectivity index (χ2n) is 8.14. The Balaban J connectivity index is 1.36. The number of aryl methyl sites for hydroxylation is 1. The van der Waals surface area contributed by atoms with Crippen LogP contribution in [-0.2, 0) is 37.8 Å². The molecule has 1 heterocycles. The number of hydrogen-bond acceptors (Lipinski definition) is 6. The van der Waals surface area contributed by atoms with E-state index in [0.717, 1.165) is 5.56 Å². The highest BCUT2D eigenvalue weighted by Gasteiger charge is 2.30. The number of benzene rings is 3. The molecule has 3 aromatic carbocycles. The maximum atomic E-state index is 13.2. The van der Waals surface area contributed by atoms with Crippen molar-refractivity contribution in [1.29, 1.82) is 0 Å². The number of anilines is 1. The highest BCUT2D eigenvalue weighted by atomic mass is 32.2. The van der Waals surface area contributed by atoms with Crippen molar-refractivity contribution >= 4 is 31.6 Å². The Morgan fingerprint density at radius 2 is 1.69 bits per heavy atom. The van der Waals surface area contributed by atoms with Gasteiger partial charge in [0.25, 0.3) is 15.9 Å². The summed E-state index contributed by atoms with van der Waals surface area (Å²) in [4.78, 5) is 12.3. The molecule has 4 rings (SSSR count). The van der Waals surface area contributed by atoms with Gasteiger partial charge < -0.3 is 10.1 Å². The summed E-state index contributed by atoms with van der Waals surface area (Å²) in [5, 5.41) is 7.75. The smallest absolute Gasteiger partial charge is 0.264 e. The third kappa shape index (κ3) is 5.47. The molecule has 35 heavy (non-hydrogen) atoms. The van der Waals surface area contributed by atoms with Crippen molar-refractivity contribution in [2.75, 3.05) is 17.5 Å². The largest absolute Gasteiger partial charge is 0.484 e. The van der Waals surface area contributed by atoms with Crippen LogP contribution < -0.4 is 19.5 Å². The number of primary sulfonamides is 1. The van der Waals surface area contributed by atoms with E-state index in [-0.39, 0.29) is 28.8 Å². The van der Waals surface area contributed by atoms with Crippen LogP contribution in [0, 0.1) is 6.92 Å². The summed E-state index contributed by atoms with van der Waals surface area (Å²) in [7, 11) is -7.49. The van der Waals surface area contributed by atoms with Gasteiger partial charge in [-0.15, -0.1) is 0 Å². The highest BCUT2D eigenvalue weighted by Crippen LogP contribution is 2.33. The summed E-state index contributed by atoms with van der Waals surface area (Å²) in [5.41, 5.74) is 2.98. The molecule has 1 aliphatic rings. The van der Waals surface area contributed by atoms with Gasteiger partial charge in [-0.2, -0.15) is 0 Å². The molecule has 0 aromatic heterocycles. The molecule has 0 saturated heterocycles. The first-order chi connectivity index (χ1) is 16.6. The van der Waals surface area contributed by atoms with Gasteiger partial charge in [0.05, 0.1) is 15.5 Å². The van der Waals surface area contributed by atoms with Crippen LogP contribution >= 0.6 is 0 Å². The average molecular weight is 516 g/mol. The van der Waals surface area contributed by atoms with E-state index in [1.165, 1.54) is 28.6 Å². The number of amides is 1. The van der Waals surface area contributed by atoms with E-state index in [2.05, 4.69) is 5.32 Å². The third-order valence-electron chi connectivity index (χ3n) is 5.68. The second-order valence-corrected chi connectivity index (χ2v) is 11.6. The van der Waals surface area contributed by atoms with Gasteiger partial charge in [0, 0.05) is 13.1 Å². The molecule has 0 radical (unpaired) electrons. The molecular weight excluding hydrogens is 490 g/mol. The normalized spacial score (nSPS) is 13.4. The minimum absolute atomic E-state index is 0.00853. The van der Waals surface area contributed by atoms with Gasteiger partial charge in [0.1, 0.15) is 5.75 Å². The Morgan fingerprint density at radius 1 is 1.00 bits per heavy atom. The summed E-state index contributed by atoms with van der Waals surface area (Å²) in [6.07, 6.45) is 0.668. The SMILES string of the molecule is Cc1cc(S(=O)(=O)N2CCc3ccccc32)ccc1OCC(=O)NCc1ccc(S(N)(=O)=O)cc1. The molecule has 0 bridgehead atoms. The van der Waals surface area contributed by atoms with Crippen LogP contribution in [0.15, 0.2) is 76.5 Å². The van der Waals surface area contributed by atoms with Gasteiger partial charge >= 0.3 is 0 Å². The van der Waals surface area contributed by atoms with Crippen molar-refractivity contribution in [2.45, 2.75) is 29.7 Å². The van der Waals surface area contributed by atoms with Gasteiger partial charge in [0.2, 0.25) is 10.0 Å². The van der Waals surface area contributed by atoms with Crippen LogP contribution in [0.2, 0.25) is 0 Å². The maximum Gasteiger partial charge on any atom is 0.264 e. The first-order valence-electron chi connectivity index (χ1n) is 10.8. The fourth-order valence-corrected chi connectivity index (χ4v) is 5.93. The number of ether oxygens (including phenoxy) is 1. The number of nitrogens with zero attached hydrogens (tertiary/aromatic N) is 1. The Bertz CT molecular complexity index is 1470. The Hall–Kier alpha value is -3.41. The fourth-order valence-electron chi connectivity index (χ4n) is 3.82. The van der Waals surface area contributed by atoms with Crippen molar-refractivity contribution in [2.24, 2.45) is 5.14 Å². The first kappa shape index (κ1) is 24.7. The van der Waals surface area contributed by atoms with E-state index in [9.17, 15) is 21.6 Å². The number of nitrogens with two attached hydrogens (primary N) is 1. The number of hydrogen-bond donors (Lipinski definition) is 2. The van der Waals surface area contributed by atoms with Crippen molar-refractivity contribution in [3.8, 4) is 5.75 Å². The average Bonchev–Trinajstić information content (AvgIpc) is 3.27. The summed E-state index contributed by atoms with van der Waals surface area (Å²) < 4.78 is 56.0. The second kappa shape index (κ2) is 9.68.